The molecule has 0 heterocycles. The van der Waals surface area contributed by atoms with E-state index < -0.39 is 0 Å². The van der Waals surface area contributed by atoms with Crippen molar-refractivity contribution in [3.63, 3.8) is 0 Å². The molecule has 3 atom stereocenters. The fourth-order valence-electron chi connectivity index (χ4n) is 2.01. The van der Waals surface area contributed by atoms with Gasteiger partial charge in [-0.05, 0) is 31.6 Å². The first kappa shape index (κ1) is 11.8. The summed E-state index contributed by atoms with van der Waals surface area (Å²) in [4.78, 5) is 11.1. The largest absolute Gasteiger partial charge is 0.462 e. The highest BCUT2D eigenvalue weighted by atomic mass is 16.5. The van der Waals surface area contributed by atoms with E-state index >= 15 is 0 Å². The molecule has 0 amide bonds. The molecule has 0 radical (unpaired) electrons. The third-order valence-corrected chi connectivity index (χ3v) is 2.94. The van der Waals surface area contributed by atoms with Crippen LogP contribution in [-0.4, -0.2) is 12.6 Å². The number of carbonyl (C=O) groups is 1. The van der Waals surface area contributed by atoms with Gasteiger partial charge in [0.05, 0.1) is 12.7 Å². The van der Waals surface area contributed by atoms with Gasteiger partial charge in [0.2, 0.25) is 0 Å². The molecule has 1 saturated carbocycles. The Morgan fingerprint density at radius 2 is 2.27 bits per heavy atom. The van der Waals surface area contributed by atoms with Crippen LogP contribution in [0.2, 0.25) is 0 Å². The SMILES string of the molecule is C=C(C)C(=O)OCC1CC(C)C(C#N)C1. The molecule has 0 saturated heterocycles. The molecule has 3 nitrogen and oxygen atoms in total. The summed E-state index contributed by atoms with van der Waals surface area (Å²) >= 11 is 0. The molecule has 82 valence electrons. The molecule has 3 unspecified atom stereocenters. The maximum absolute atomic E-state index is 11.1. The van der Waals surface area contributed by atoms with Crippen molar-refractivity contribution in [2.45, 2.75) is 26.7 Å². The van der Waals surface area contributed by atoms with Gasteiger partial charge < -0.3 is 4.74 Å². The summed E-state index contributed by atoms with van der Waals surface area (Å²) in [6.45, 7) is 7.66. The predicted octanol–water partition coefficient (Wildman–Crippen LogP) is 2.29. The van der Waals surface area contributed by atoms with Crippen LogP contribution in [0.4, 0.5) is 0 Å². The standard InChI is InChI=1S/C12H17NO2/c1-8(2)12(14)15-7-10-4-9(3)11(5-10)6-13/h9-11H,1,4-5,7H2,2-3H3. The van der Waals surface area contributed by atoms with Crippen molar-refractivity contribution in [3.8, 4) is 6.07 Å². The van der Waals surface area contributed by atoms with E-state index in [1.165, 1.54) is 0 Å². The van der Waals surface area contributed by atoms with Gasteiger partial charge in [0.15, 0.2) is 0 Å². The van der Waals surface area contributed by atoms with Gasteiger partial charge in [-0.1, -0.05) is 13.5 Å². The summed E-state index contributed by atoms with van der Waals surface area (Å²) in [5, 5.41) is 8.85. The van der Waals surface area contributed by atoms with Crippen molar-refractivity contribution in [1.82, 2.24) is 0 Å². The van der Waals surface area contributed by atoms with E-state index in [0.717, 1.165) is 12.8 Å². The number of nitriles is 1. The van der Waals surface area contributed by atoms with E-state index in [2.05, 4.69) is 19.6 Å². The Balaban J connectivity index is 2.34. The highest BCUT2D eigenvalue weighted by Gasteiger charge is 2.31. The first-order valence-corrected chi connectivity index (χ1v) is 5.26. The first-order valence-electron chi connectivity index (χ1n) is 5.26. The second-order valence-electron chi connectivity index (χ2n) is 4.43. The summed E-state index contributed by atoms with van der Waals surface area (Å²) in [6, 6.07) is 2.30. The normalized spacial score (nSPS) is 29.5. The molecular formula is C12H17NO2. The van der Waals surface area contributed by atoms with Crippen LogP contribution in [0.25, 0.3) is 0 Å². The van der Waals surface area contributed by atoms with Gasteiger partial charge in [-0.25, -0.2) is 4.79 Å². The molecule has 1 aliphatic carbocycles. The Hall–Kier alpha value is -1.30. The first-order chi connectivity index (χ1) is 7.04. The molecular weight excluding hydrogens is 190 g/mol. The van der Waals surface area contributed by atoms with E-state index in [1.54, 1.807) is 6.92 Å². The van der Waals surface area contributed by atoms with E-state index in [1.807, 2.05) is 0 Å². The number of hydrogen-bond donors (Lipinski definition) is 0. The summed E-state index contributed by atoms with van der Waals surface area (Å²) in [5.74, 6) is 0.554. The van der Waals surface area contributed by atoms with Crippen molar-refractivity contribution in [2.75, 3.05) is 6.61 Å². The molecule has 0 aliphatic heterocycles. The lowest BCUT2D eigenvalue weighted by Crippen LogP contribution is -2.12. The molecule has 1 rings (SSSR count). The Kier molecular flexibility index (Phi) is 3.90. The zero-order valence-corrected chi connectivity index (χ0v) is 9.32. The molecule has 0 N–H and O–H groups in total. The summed E-state index contributed by atoms with van der Waals surface area (Å²) in [6.07, 6.45) is 1.82. The van der Waals surface area contributed by atoms with Gasteiger partial charge in [0.1, 0.15) is 0 Å². The second kappa shape index (κ2) is 4.97. The zero-order chi connectivity index (χ0) is 11.4. The van der Waals surface area contributed by atoms with E-state index in [-0.39, 0.29) is 11.9 Å². The minimum absolute atomic E-state index is 0.124. The lowest BCUT2D eigenvalue weighted by atomic mass is 10.0. The Morgan fingerprint density at radius 1 is 1.60 bits per heavy atom. The number of nitrogens with zero attached hydrogens (tertiary/aromatic N) is 1. The summed E-state index contributed by atoms with van der Waals surface area (Å²) < 4.78 is 5.08. The van der Waals surface area contributed by atoms with Crippen LogP contribution in [-0.2, 0) is 9.53 Å². The van der Waals surface area contributed by atoms with Gasteiger partial charge in [0.25, 0.3) is 0 Å². The van der Waals surface area contributed by atoms with E-state index in [4.69, 9.17) is 10.00 Å². The highest BCUT2D eigenvalue weighted by Crippen LogP contribution is 2.35. The van der Waals surface area contributed by atoms with Crippen molar-refractivity contribution in [1.29, 1.82) is 5.26 Å². The Bertz CT molecular complexity index is 303. The zero-order valence-electron chi connectivity index (χ0n) is 9.32. The smallest absolute Gasteiger partial charge is 0.333 e. The number of hydrogen-bond acceptors (Lipinski definition) is 3. The lowest BCUT2D eigenvalue weighted by Gasteiger charge is -2.09. The third kappa shape index (κ3) is 3.09. The minimum Gasteiger partial charge on any atom is -0.462 e. The maximum Gasteiger partial charge on any atom is 0.333 e. The van der Waals surface area contributed by atoms with Crippen molar-refractivity contribution in [2.24, 2.45) is 17.8 Å². The molecule has 3 heteroatoms. The van der Waals surface area contributed by atoms with Crippen LogP contribution in [0.3, 0.4) is 0 Å². The Morgan fingerprint density at radius 3 is 2.73 bits per heavy atom. The monoisotopic (exact) mass is 207 g/mol. The summed E-state index contributed by atoms with van der Waals surface area (Å²) in [7, 11) is 0. The molecule has 0 bridgehead atoms. The van der Waals surface area contributed by atoms with Gasteiger partial charge in [-0.3, -0.25) is 0 Å². The number of esters is 1. The third-order valence-electron chi connectivity index (χ3n) is 2.94. The highest BCUT2D eigenvalue weighted by molar-refractivity contribution is 5.86. The number of rotatable bonds is 3. The molecule has 0 spiro atoms. The molecule has 15 heavy (non-hydrogen) atoms. The fraction of sp³-hybridized carbons (Fsp3) is 0.667. The average Bonchev–Trinajstić information content (AvgIpc) is 2.55. The van der Waals surface area contributed by atoms with Crippen molar-refractivity contribution in [3.05, 3.63) is 12.2 Å². The lowest BCUT2D eigenvalue weighted by molar-refractivity contribution is -0.140. The number of carbonyl (C=O) groups excluding carboxylic acids is 1. The van der Waals surface area contributed by atoms with Crippen molar-refractivity contribution < 1.29 is 9.53 Å². The van der Waals surface area contributed by atoms with Gasteiger partial charge in [0, 0.05) is 11.5 Å². The van der Waals surface area contributed by atoms with Crippen LogP contribution in [0.5, 0.6) is 0 Å². The van der Waals surface area contributed by atoms with Gasteiger partial charge in [-0.15, -0.1) is 0 Å². The minimum atomic E-state index is -0.330. The maximum atomic E-state index is 11.1. The predicted molar refractivity (Wildman–Crippen MR) is 56.8 cm³/mol. The molecule has 1 aliphatic rings. The number of ether oxygens (including phenoxy) is 1. The molecule has 1 fully saturated rings. The van der Waals surface area contributed by atoms with Gasteiger partial charge in [-0.2, -0.15) is 5.26 Å². The van der Waals surface area contributed by atoms with Crippen LogP contribution < -0.4 is 0 Å². The molecule has 0 aromatic heterocycles. The average molecular weight is 207 g/mol. The van der Waals surface area contributed by atoms with Crippen LogP contribution in [0.1, 0.15) is 26.7 Å². The molecule has 0 aromatic rings. The van der Waals surface area contributed by atoms with E-state index in [0.29, 0.717) is 24.0 Å². The van der Waals surface area contributed by atoms with Gasteiger partial charge >= 0.3 is 5.97 Å². The van der Waals surface area contributed by atoms with Crippen molar-refractivity contribution >= 4 is 5.97 Å². The van der Waals surface area contributed by atoms with Crippen LogP contribution >= 0.6 is 0 Å². The fourth-order valence-corrected chi connectivity index (χ4v) is 2.01. The Labute approximate surface area is 90.7 Å². The quantitative estimate of drug-likeness (QED) is 0.527. The summed E-state index contributed by atoms with van der Waals surface area (Å²) in [5.41, 5.74) is 0.429. The topological polar surface area (TPSA) is 50.1 Å². The van der Waals surface area contributed by atoms with E-state index in [9.17, 15) is 4.79 Å². The second-order valence-corrected chi connectivity index (χ2v) is 4.43. The van der Waals surface area contributed by atoms with Crippen LogP contribution in [0, 0.1) is 29.1 Å². The van der Waals surface area contributed by atoms with Crippen LogP contribution in [0.15, 0.2) is 12.2 Å². The molecule has 0 aromatic carbocycles.